The van der Waals surface area contributed by atoms with E-state index in [0.29, 0.717) is 19.3 Å². The molecule has 0 saturated carbocycles. The molecule has 0 aromatic rings. The molecule has 0 N–H and O–H groups in total. The standard InChI is InChI=1S/C64H120O6/c1-4-7-10-13-16-18-20-22-24-26-28-30-31-32-33-34-36-37-39-41-43-45-48-51-54-57-63(66)69-60-61(59-68-62(65)56-53-50-47-15-12-9-6-3)70-64(67)58-55-52-49-46-44-42-40-38-35-29-27-25-23-21-19-17-14-11-8-5-2/h20,22,26,28,61H,4-19,21,23-25,27,29-60H2,1-3H3/b22-20-,28-26-. The van der Waals surface area contributed by atoms with E-state index in [4.69, 9.17) is 14.2 Å². The predicted molar refractivity (Wildman–Crippen MR) is 303 cm³/mol. The van der Waals surface area contributed by atoms with Crippen LogP contribution in [0.2, 0.25) is 0 Å². The molecule has 1 atom stereocenters. The van der Waals surface area contributed by atoms with Gasteiger partial charge in [-0.1, -0.05) is 302 Å². The summed E-state index contributed by atoms with van der Waals surface area (Å²) in [6.07, 6.45) is 70.7. The van der Waals surface area contributed by atoms with Crippen LogP contribution in [0.25, 0.3) is 0 Å². The summed E-state index contributed by atoms with van der Waals surface area (Å²) < 4.78 is 16.8. The Morgan fingerprint density at radius 2 is 0.514 bits per heavy atom. The van der Waals surface area contributed by atoms with Gasteiger partial charge in [0.1, 0.15) is 13.2 Å². The molecule has 1 unspecified atom stereocenters. The Labute approximate surface area is 436 Å². The minimum atomic E-state index is -0.765. The molecule has 0 aromatic carbocycles. The second kappa shape index (κ2) is 59.5. The van der Waals surface area contributed by atoms with Crippen molar-refractivity contribution in [1.82, 2.24) is 0 Å². The molecule has 6 heteroatoms. The fourth-order valence-electron chi connectivity index (χ4n) is 9.48. The summed E-state index contributed by atoms with van der Waals surface area (Å²) in [7, 11) is 0. The third-order valence-corrected chi connectivity index (χ3v) is 14.2. The molecular weight excluding hydrogens is 865 g/mol. The zero-order valence-corrected chi connectivity index (χ0v) is 47.3. The lowest BCUT2D eigenvalue weighted by Gasteiger charge is -2.18. The molecule has 0 heterocycles. The van der Waals surface area contributed by atoms with Crippen LogP contribution in [-0.2, 0) is 28.6 Å². The van der Waals surface area contributed by atoms with E-state index >= 15 is 0 Å². The van der Waals surface area contributed by atoms with Gasteiger partial charge in [-0.05, 0) is 51.4 Å². The topological polar surface area (TPSA) is 78.9 Å². The van der Waals surface area contributed by atoms with E-state index in [1.165, 1.54) is 244 Å². The van der Waals surface area contributed by atoms with Crippen LogP contribution in [0.15, 0.2) is 24.3 Å². The minimum Gasteiger partial charge on any atom is -0.462 e. The summed E-state index contributed by atoms with van der Waals surface area (Å²) >= 11 is 0. The van der Waals surface area contributed by atoms with Gasteiger partial charge in [0, 0.05) is 19.3 Å². The maximum absolute atomic E-state index is 12.8. The van der Waals surface area contributed by atoms with Crippen molar-refractivity contribution in [3.05, 3.63) is 24.3 Å². The Hall–Kier alpha value is -2.11. The molecule has 0 fully saturated rings. The van der Waals surface area contributed by atoms with E-state index in [-0.39, 0.29) is 31.1 Å². The van der Waals surface area contributed by atoms with Crippen molar-refractivity contribution in [2.45, 2.75) is 354 Å². The van der Waals surface area contributed by atoms with Crippen molar-refractivity contribution in [2.24, 2.45) is 0 Å². The number of rotatable bonds is 58. The van der Waals surface area contributed by atoms with Gasteiger partial charge in [0.05, 0.1) is 0 Å². The van der Waals surface area contributed by atoms with Crippen LogP contribution in [-0.4, -0.2) is 37.2 Å². The first-order valence-corrected chi connectivity index (χ1v) is 31.3. The van der Waals surface area contributed by atoms with Gasteiger partial charge >= 0.3 is 17.9 Å². The summed E-state index contributed by atoms with van der Waals surface area (Å²) in [4.78, 5) is 38.0. The number of carbonyl (C=O) groups is 3. The summed E-state index contributed by atoms with van der Waals surface area (Å²) in [6, 6.07) is 0. The van der Waals surface area contributed by atoms with Gasteiger partial charge in [-0.25, -0.2) is 0 Å². The monoisotopic (exact) mass is 985 g/mol. The zero-order valence-electron chi connectivity index (χ0n) is 47.3. The first kappa shape index (κ1) is 67.9. The maximum atomic E-state index is 12.8. The molecule has 0 aliphatic rings. The fraction of sp³-hybridized carbons (Fsp3) is 0.891. The highest BCUT2D eigenvalue weighted by Crippen LogP contribution is 2.18. The van der Waals surface area contributed by atoms with E-state index in [1.54, 1.807) is 0 Å². The quantitative estimate of drug-likeness (QED) is 0.0261. The van der Waals surface area contributed by atoms with Gasteiger partial charge in [-0.3, -0.25) is 14.4 Å². The zero-order chi connectivity index (χ0) is 50.7. The number of hydrogen-bond acceptors (Lipinski definition) is 6. The van der Waals surface area contributed by atoms with Crippen LogP contribution in [0.4, 0.5) is 0 Å². The molecule has 0 aromatic heterocycles. The van der Waals surface area contributed by atoms with Crippen LogP contribution in [0, 0.1) is 0 Å². The van der Waals surface area contributed by atoms with Crippen molar-refractivity contribution in [3.63, 3.8) is 0 Å². The summed E-state index contributed by atoms with van der Waals surface area (Å²) in [6.45, 7) is 6.65. The highest BCUT2D eigenvalue weighted by molar-refractivity contribution is 5.71. The van der Waals surface area contributed by atoms with Gasteiger partial charge < -0.3 is 14.2 Å². The smallest absolute Gasteiger partial charge is 0.306 e. The molecule has 70 heavy (non-hydrogen) atoms. The molecular formula is C64H120O6. The summed E-state index contributed by atoms with van der Waals surface area (Å²) in [5.41, 5.74) is 0. The molecule has 0 saturated heterocycles. The lowest BCUT2D eigenvalue weighted by molar-refractivity contribution is -0.167. The van der Waals surface area contributed by atoms with Crippen LogP contribution >= 0.6 is 0 Å². The van der Waals surface area contributed by atoms with E-state index in [2.05, 4.69) is 45.1 Å². The molecule has 0 amide bonds. The number of esters is 3. The molecule has 0 rings (SSSR count). The van der Waals surface area contributed by atoms with Crippen molar-refractivity contribution in [2.75, 3.05) is 13.2 Å². The average molecular weight is 986 g/mol. The first-order valence-electron chi connectivity index (χ1n) is 31.3. The Morgan fingerprint density at radius 3 is 0.786 bits per heavy atom. The molecule has 0 aliphatic carbocycles. The number of unbranched alkanes of at least 4 members (excludes halogenated alkanes) is 43. The van der Waals surface area contributed by atoms with Crippen molar-refractivity contribution < 1.29 is 28.6 Å². The van der Waals surface area contributed by atoms with E-state index in [9.17, 15) is 14.4 Å². The van der Waals surface area contributed by atoms with Gasteiger partial charge in [-0.2, -0.15) is 0 Å². The van der Waals surface area contributed by atoms with E-state index in [1.807, 2.05) is 0 Å². The number of ether oxygens (including phenoxy) is 3. The molecule has 0 bridgehead atoms. The Bertz CT molecular complexity index is 1130. The van der Waals surface area contributed by atoms with Crippen molar-refractivity contribution >= 4 is 17.9 Å². The van der Waals surface area contributed by atoms with Gasteiger partial charge in [0.25, 0.3) is 0 Å². The van der Waals surface area contributed by atoms with E-state index < -0.39 is 6.10 Å². The third kappa shape index (κ3) is 56.8. The molecule has 6 nitrogen and oxygen atoms in total. The second-order valence-electron chi connectivity index (χ2n) is 21.3. The SMILES string of the molecule is CCCCCCC/C=C\C/C=C\CCCCCCCCCCCCCCCC(=O)OCC(COC(=O)CCCCCCCCC)OC(=O)CCCCCCCCCCCCCCCCCCCCCC. The number of allylic oxidation sites excluding steroid dienone is 4. The highest BCUT2D eigenvalue weighted by Gasteiger charge is 2.19. The summed E-state index contributed by atoms with van der Waals surface area (Å²) in [5, 5.41) is 0. The fourth-order valence-corrected chi connectivity index (χ4v) is 9.48. The highest BCUT2D eigenvalue weighted by atomic mass is 16.6. The Balaban J connectivity index is 4.09. The van der Waals surface area contributed by atoms with E-state index in [0.717, 1.165) is 64.2 Å². The number of carbonyl (C=O) groups excluding carboxylic acids is 3. The van der Waals surface area contributed by atoms with Gasteiger partial charge in [0.2, 0.25) is 0 Å². The lowest BCUT2D eigenvalue weighted by atomic mass is 10.0. The largest absolute Gasteiger partial charge is 0.462 e. The normalized spacial score (nSPS) is 12.1. The molecule has 0 aliphatic heterocycles. The molecule has 0 spiro atoms. The van der Waals surface area contributed by atoms with Gasteiger partial charge in [0.15, 0.2) is 6.10 Å². The average Bonchev–Trinajstić information content (AvgIpc) is 3.36. The summed E-state index contributed by atoms with van der Waals surface area (Å²) in [5.74, 6) is -0.850. The van der Waals surface area contributed by atoms with Crippen LogP contribution in [0.5, 0.6) is 0 Å². The lowest BCUT2D eigenvalue weighted by Crippen LogP contribution is -2.30. The molecule has 0 radical (unpaired) electrons. The number of hydrogen-bond donors (Lipinski definition) is 0. The first-order chi connectivity index (χ1) is 34.5. The Kier molecular flexibility index (Phi) is 57.7. The van der Waals surface area contributed by atoms with Crippen LogP contribution < -0.4 is 0 Å². The third-order valence-electron chi connectivity index (χ3n) is 14.2. The second-order valence-corrected chi connectivity index (χ2v) is 21.3. The van der Waals surface area contributed by atoms with Crippen molar-refractivity contribution in [1.29, 1.82) is 0 Å². The van der Waals surface area contributed by atoms with Crippen molar-refractivity contribution in [3.8, 4) is 0 Å². The van der Waals surface area contributed by atoms with Crippen LogP contribution in [0.1, 0.15) is 348 Å². The molecule has 412 valence electrons. The van der Waals surface area contributed by atoms with Gasteiger partial charge in [-0.15, -0.1) is 0 Å². The minimum absolute atomic E-state index is 0.0661. The Morgan fingerprint density at radius 1 is 0.286 bits per heavy atom. The predicted octanol–water partition coefficient (Wildman–Crippen LogP) is 21.1. The maximum Gasteiger partial charge on any atom is 0.306 e. The van der Waals surface area contributed by atoms with Crippen LogP contribution in [0.3, 0.4) is 0 Å².